The average Bonchev–Trinajstić information content (AvgIpc) is 2.96. The van der Waals surface area contributed by atoms with Crippen LogP contribution in [-0.4, -0.2) is 36.2 Å². The van der Waals surface area contributed by atoms with Crippen molar-refractivity contribution < 1.29 is 8.42 Å². The van der Waals surface area contributed by atoms with Gasteiger partial charge in [0.1, 0.15) is 0 Å². The van der Waals surface area contributed by atoms with E-state index in [1.54, 1.807) is 0 Å². The molecule has 7 heteroatoms. The minimum Gasteiger partial charge on any atom is -0.330 e. The lowest BCUT2D eigenvalue weighted by molar-refractivity contribution is 0.361. The number of hydrogen-bond acceptors (Lipinski definition) is 4. The Morgan fingerprint density at radius 1 is 1.48 bits per heavy atom. The molecule has 0 radical (unpaired) electrons. The Kier molecular flexibility index (Phi) is 5.33. The Morgan fingerprint density at radius 3 is 2.67 bits per heavy atom. The van der Waals surface area contributed by atoms with Crippen molar-refractivity contribution in [2.45, 2.75) is 39.7 Å². The van der Waals surface area contributed by atoms with Crippen molar-refractivity contribution in [1.29, 1.82) is 0 Å². The van der Waals surface area contributed by atoms with Crippen molar-refractivity contribution in [2.24, 2.45) is 17.6 Å². The molecule has 21 heavy (non-hydrogen) atoms. The van der Waals surface area contributed by atoms with Crippen LogP contribution in [0.15, 0.2) is 0 Å². The van der Waals surface area contributed by atoms with Gasteiger partial charge in [0.2, 0.25) is 0 Å². The van der Waals surface area contributed by atoms with E-state index in [-0.39, 0.29) is 23.3 Å². The molecule has 1 saturated heterocycles. The van der Waals surface area contributed by atoms with Crippen molar-refractivity contribution in [2.75, 3.05) is 18.1 Å². The summed E-state index contributed by atoms with van der Waals surface area (Å²) < 4.78 is 25.3. The van der Waals surface area contributed by atoms with Crippen LogP contribution in [0.2, 0.25) is 5.02 Å². The highest BCUT2D eigenvalue weighted by atomic mass is 35.5. The first kappa shape index (κ1) is 16.8. The lowest BCUT2D eigenvalue weighted by atomic mass is 9.88. The van der Waals surface area contributed by atoms with Gasteiger partial charge >= 0.3 is 0 Å². The van der Waals surface area contributed by atoms with E-state index in [9.17, 15) is 8.42 Å². The van der Waals surface area contributed by atoms with E-state index < -0.39 is 9.84 Å². The molecule has 1 aromatic heterocycles. The van der Waals surface area contributed by atoms with E-state index >= 15 is 0 Å². The molecule has 1 aliphatic heterocycles. The van der Waals surface area contributed by atoms with Crippen LogP contribution < -0.4 is 5.73 Å². The van der Waals surface area contributed by atoms with Gasteiger partial charge in [-0.3, -0.25) is 4.68 Å². The summed E-state index contributed by atoms with van der Waals surface area (Å²) in [6, 6.07) is 0. The molecule has 2 heterocycles. The minimum absolute atomic E-state index is 0.140. The second-order valence-electron chi connectivity index (χ2n) is 5.74. The Morgan fingerprint density at radius 2 is 2.19 bits per heavy atom. The van der Waals surface area contributed by atoms with Crippen LogP contribution in [0, 0.1) is 11.8 Å². The second-order valence-corrected chi connectivity index (χ2v) is 8.35. The van der Waals surface area contributed by atoms with Gasteiger partial charge in [-0.15, -0.1) is 0 Å². The summed E-state index contributed by atoms with van der Waals surface area (Å²) in [5.41, 5.74) is 7.80. The summed E-state index contributed by atoms with van der Waals surface area (Å²) in [4.78, 5) is 0. The number of aromatic nitrogens is 2. The van der Waals surface area contributed by atoms with Crippen molar-refractivity contribution in [3.05, 3.63) is 16.4 Å². The summed E-state index contributed by atoms with van der Waals surface area (Å²) in [5, 5.41) is 5.24. The van der Waals surface area contributed by atoms with Gasteiger partial charge in [-0.1, -0.05) is 18.5 Å². The topological polar surface area (TPSA) is 78.0 Å². The van der Waals surface area contributed by atoms with Crippen molar-refractivity contribution >= 4 is 21.4 Å². The van der Waals surface area contributed by atoms with Gasteiger partial charge in [-0.05, 0) is 44.6 Å². The van der Waals surface area contributed by atoms with Gasteiger partial charge in [0.15, 0.2) is 9.84 Å². The zero-order chi connectivity index (χ0) is 15.6. The molecule has 0 spiro atoms. The predicted octanol–water partition coefficient (Wildman–Crippen LogP) is 1.67. The second kappa shape index (κ2) is 6.67. The number of rotatable bonds is 6. The minimum atomic E-state index is -2.88. The molecule has 0 amide bonds. The molecule has 0 saturated carbocycles. The van der Waals surface area contributed by atoms with Gasteiger partial charge < -0.3 is 5.73 Å². The fourth-order valence-electron chi connectivity index (χ4n) is 3.10. The molecule has 2 atom stereocenters. The quantitative estimate of drug-likeness (QED) is 0.859. The summed E-state index contributed by atoms with van der Waals surface area (Å²) in [6.07, 6.45) is 2.21. The molecule has 2 unspecified atom stereocenters. The standard InChI is InChI=1S/C14H24ClN3O2S/c1-3-12-14(15)13(18(4-2)17-12)7-11(8-16)10-5-6-21(19,20)9-10/h10-11H,3-9,16H2,1-2H3. The third-order valence-corrected chi connectivity index (χ3v) is 6.62. The van der Waals surface area contributed by atoms with Gasteiger partial charge in [-0.25, -0.2) is 8.42 Å². The first-order valence-electron chi connectivity index (χ1n) is 7.56. The molecular formula is C14H24ClN3O2S. The van der Waals surface area contributed by atoms with Crippen LogP contribution in [0.3, 0.4) is 0 Å². The predicted molar refractivity (Wildman–Crippen MR) is 85.3 cm³/mol. The highest BCUT2D eigenvalue weighted by molar-refractivity contribution is 7.91. The molecule has 1 aliphatic rings. The smallest absolute Gasteiger partial charge is 0.150 e. The summed E-state index contributed by atoms with van der Waals surface area (Å²) in [6.45, 7) is 5.30. The zero-order valence-corrected chi connectivity index (χ0v) is 14.3. The highest BCUT2D eigenvalue weighted by Gasteiger charge is 2.34. The molecule has 2 N–H and O–H groups in total. The number of halogens is 1. The van der Waals surface area contributed by atoms with E-state index in [2.05, 4.69) is 5.10 Å². The Hall–Kier alpha value is -0.590. The SMILES string of the molecule is CCc1nn(CC)c(CC(CN)C2CCS(=O)(=O)C2)c1Cl. The monoisotopic (exact) mass is 333 g/mol. The molecule has 1 aromatic rings. The van der Waals surface area contributed by atoms with Crippen molar-refractivity contribution in [3.8, 4) is 0 Å². The lowest BCUT2D eigenvalue weighted by Crippen LogP contribution is -2.27. The molecule has 5 nitrogen and oxygen atoms in total. The van der Waals surface area contributed by atoms with Crippen LogP contribution >= 0.6 is 11.6 Å². The summed E-state index contributed by atoms with van der Waals surface area (Å²) >= 11 is 6.43. The third kappa shape index (κ3) is 3.60. The number of nitrogens with two attached hydrogens (primary N) is 1. The third-order valence-electron chi connectivity index (χ3n) is 4.39. The zero-order valence-electron chi connectivity index (χ0n) is 12.7. The van der Waals surface area contributed by atoms with E-state index in [0.29, 0.717) is 19.4 Å². The Bertz CT molecular complexity index is 598. The van der Waals surface area contributed by atoms with E-state index in [0.717, 1.165) is 29.4 Å². The molecule has 0 bridgehead atoms. The molecule has 2 rings (SSSR count). The van der Waals surface area contributed by atoms with Crippen LogP contribution in [0.25, 0.3) is 0 Å². The lowest BCUT2D eigenvalue weighted by Gasteiger charge is -2.21. The van der Waals surface area contributed by atoms with E-state index in [4.69, 9.17) is 17.3 Å². The molecular weight excluding hydrogens is 310 g/mol. The summed E-state index contributed by atoms with van der Waals surface area (Å²) in [5.74, 6) is 0.829. The fourth-order valence-corrected chi connectivity index (χ4v) is 5.36. The average molecular weight is 334 g/mol. The van der Waals surface area contributed by atoms with Crippen molar-refractivity contribution in [1.82, 2.24) is 9.78 Å². The maximum Gasteiger partial charge on any atom is 0.150 e. The van der Waals surface area contributed by atoms with Gasteiger partial charge in [0, 0.05) is 6.54 Å². The maximum absolute atomic E-state index is 11.7. The normalized spacial score (nSPS) is 22.6. The summed E-state index contributed by atoms with van der Waals surface area (Å²) in [7, 11) is -2.88. The number of hydrogen-bond donors (Lipinski definition) is 1. The molecule has 0 aliphatic carbocycles. The van der Waals surface area contributed by atoms with Crippen LogP contribution in [0.5, 0.6) is 0 Å². The van der Waals surface area contributed by atoms with Crippen LogP contribution in [0.1, 0.15) is 31.7 Å². The van der Waals surface area contributed by atoms with E-state index in [1.807, 2.05) is 18.5 Å². The number of sulfone groups is 1. The maximum atomic E-state index is 11.7. The van der Waals surface area contributed by atoms with Crippen LogP contribution in [0.4, 0.5) is 0 Å². The van der Waals surface area contributed by atoms with Gasteiger partial charge in [-0.2, -0.15) is 5.10 Å². The van der Waals surface area contributed by atoms with Gasteiger partial charge in [0.05, 0.1) is 27.9 Å². The van der Waals surface area contributed by atoms with E-state index in [1.165, 1.54) is 0 Å². The fraction of sp³-hybridized carbons (Fsp3) is 0.786. The molecule has 1 fully saturated rings. The van der Waals surface area contributed by atoms with Crippen molar-refractivity contribution in [3.63, 3.8) is 0 Å². The largest absolute Gasteiger partial charge is 0.330 e. The first-order valence-corrected chi connectivity index (χ1v) is 9.76. The first-order chi connectivity index (χ1) is 9.91. The van der Waals surface area contributed by atoms with Crippen LogP contribution in [-0.2, 0) is 29.2 Å². The molecule has 120 valence electrons. The number of aryl methyl sites for hydroxylation is 2. The Labute approximate surface area is 131 Å². The Balaban J connectivity index is 2.21. The van der Waals surface area contributed by atoms with Gasteiger partial charge in [0.25, 0.3) is 0 Å². The molecule has 0 aromatic carbocycles. The highest BCUT2D eigenvalue weighted by Crippen LogP contribution is 2.31. The number of nitrogens with zero attached hydrogens (tertiary/aromatic N) is 2.